The van der Waals surface area contributed by atoms with E-state index in [9.17, 15) is 0 Å². The van der Waals surface area contributed by atoms with Gasteiger partial charge in [0.05, 0.1) is 11.2 Å². The third kappa shape index (κ3) is 1.51. The van der Waals surface area contributed by atoms with E-state index < -0.39 is 0 Å². The fraction of sp³-hybridized carbons (Fsp3) is 0.200. The van der Waals surface area contributed by atoms with Gasteiger partial charge in [0, 0.05) is 24.2 Å². The summed E-state index contributed by atoms with van der Waals surface area (Å²) in [6, 6.07) is 5.92. The SMILES string of the molecule is NCCc1nccc2cccnc12. The van der Waals surface area contributed by atoms with Crippen LogP contribution in [-0.2, 0) is 6.42 Å². The first-order valence-corrected chi connectivity index (χ1v) is 4.30. The van der Waals surface area contributed by atoms with Gasteiger partial charge in [-0.25, -0.2) is 0 Å². The Kier molecular flexibility index (Phi) is 2.19. The number of rotatable bonds is 2. The highest BCUT2D eigenvalue weighted by molar-refractivity contribution is 5.79. The molecular weight excluding hydrogens is 162 g/mol. The molecule has 0 aromatic carbocycles. The molecule has 0 unspecified atom stereocenters. The molecule has 0 radical (unpaired) electrons. The van der Waals surface area contributed by atoms with Gasteiger partial charge in [0.1, 0.15) is 0 Å². The van der Waals surface area contributed by atoms with E-state index in [-0.39, 0.29) is 0 Å². The minimum Gasteiger partial charge on any atom is -0.330 e. The number of pyridine rings is 2. The maximum Gasteiger partial charge on any atom is 0.0917 e. The molecule has 2 aromatic heterocycles. The molecule has 13 heavy (non-hydrogen) atoms. The van der Waals surface area contributed by atoms with E-state index in [0.717, 1.165) is 23.0 Å². The van der Waals surface area contributed by atoms with Crippen molar-refractivity contribution in [1.82, 2.24) is 9.97 Å². The lowest BCUT2D eigenvalue weighted by Gasteiger charge is -2.01. The second-order valence-electron chi connectivity index (χ2n) is 2.87. The standard InChI is InChI=1S/C10H11N3/c11-5-3-9-10-8(4-7-12-9)2-1-6-13-10/h1-2,4,6-7H,3,5,11H2. The van der Waals surface area contributed by atoms with Gasteiger partial charge in [-0.3, -0.25) is 9.97 Å². The van der Waals surface area contributed by atoms with E-state index in [1.807, 2.05) is 18.2 Å². The second-order valence-corrected chi connectivity index (χ2v) is 2.87. The van der Waals surface area contributed by atoms with Crippen molar-refractivity contribution in [3.8, 4) is 0 Å². The molecule has 0 aliphatic heterocycles. The van der Waals surface area contributed by atoms with Gasteiger partial charge in [-0.15, -0.1) is 0 Å². The summed E-state index contributed by atoms with van der Waals surface area (Å²) in [5.74, 6) is 0. The van der Waals surface area contributed by atoms with Crippen LogP contribution < -0.4 is 5.73 Å². The zero-order chi connectivity index (χ0) is 9.10. The van der Waals surface area contributed by atoms with Gasteiger partial charge >= 0.3 is 0 Å². The number of hydrogen-bond donors (Lipinski definition) is 1. The minimum atomic E-state index is 0.614. The van der Waals surface area contributed by atoms with Gasteiger partial charge in [-0.05, 0) is 18.7 Å². The maximum atomic E-state index is 5.48. The lowest BCUT2D eigenvalue weighted by Crippen LogP contribution is -2.05. The van der Waals surface area contributed by atoms with E-state index in [1.54, 1.807) is 12.4 Å². The van der Waals surface area contributed by atoms with E-state index in [0.29, 0.717) is 6.54 Å². The summed E-state index contributed by atoms with van der Waals surface area (Å²) in [5, 5.41) is 1.13. The molecule has 0 atom stereocenters. The summed E-state index contributed by atoms with van der Waals surface area (Å²) in [6.45, 7) is 0.614. The summed E-state index contributed by atoms with van der Waals surface area (Å²) in [5.41, 5.74) is 7.44. The topological polar surface area (TPSA) is 51.8 Å². The van der Waals surface area contributed by atoms with Crippen LogP contribution in [0.3, 0.4) is 0 Å². The predicted molar refractivity (Wildman–Crippen MR) is 52.3 cm³/mol. The molecule has 3 nitrogen and oxygen atoms in total. The third-order valence-electron chi connectivity index (χ3n) is 1.98. The Balaban J connectivity index is 2.61. The van der Waals surface area contributed by atoms with Gasteiger partial charge in [0.2, 0.25) is 0 Å². The van der Waals surface area contributed by atoms with Crippen molar-refractivity contribution in [1.29, 1.82) is 0 Å². The van der Waals surface area contributed by atoms with Crippen molar-refractivity contribution in [2.75, 3.05) is 6.54 Å². The van der Waals surface area contributed by atoms with Gasteiger partial charge in [0.25, 0.3) is 0 Å². The van der Waals surface area contributed by atoms with Crippen LogP contribution >= 0.6 is 0 Å². The van der Waals surface area contributed by atoms with Crippen molar-refractivity contribution in [2.45, 2.75) is 6.42 Å². The Morgan fingerprint density at radius 3 is 2.92 bits per heavy atom. The average molecular weight is 173 g/mol. The fourth-order valence-electron chi connectivity index (χ4n) is 1.38. The van der Waals surface area contributed by atoms with E-state index in [4.69, 9.17) is 5.73 Å². The predicted octanol–water partition coefficient (Wildman–Crippen LogP) is 1.13. The largest absolute Gasteiger partial charge is 0.330 e. The van der Waals surface area contributed by atoms with Crippen molar-refractivity contribution >= 4 is 10.9 Å². The average Bonchev–Trinajstić information content (AvgIpc) is 2.19. The molecule has 0 saturated heterocycles. The van der Waals surface area contributed by atoms with Crippen molar-refractivity contribution in [3.05, 3.63) is 36.3 Å². The first kappa shape index (κ1) is 8.13. The molecule has 0 amide bonds. The van der Waals surface area contributed by atoms with Gasteiger partial charge in [0.15, 0.2) is 0 Å². The Labute approximate surface area is 76.6 Å². The van der Waals surface area contributed by atoms with Crippen LogP contribution in [-0.4, -0.2) is 16.5 Å². The first-order chi connectivity index (χ1) is 6.42. The molecule has 0 aliphatic carbocycles. The number of hydrogen-bond acceptors (Lipinski definition) is 3. The van der Waals surface area contributed by atoms with Crippen LogP contribution in [0.25, 0.3) is 10.9 Å². The summed E-state index contributed by atoms with van der Waals surface area (Å²) < 4.78 is 0. The second kappa shape index (κ2) is 3.49. The van der Waals surface area contributed by atoms with Crippen LogP contribution in [0.2, 0.25) is 0 Å². The van der Waals surface area contributed by atoms with E-state index in [1.165, 1.54) is 0 Å². The lowest BCUT2D eigenvalue weighted by molar-refractivity contribution is 0.930. The molecule has 0 fully saturated rings. The molecule has 0 saturated carbocycles. The Morgan fingerprint density at radius 2 is 2.08 bits per heavy atom. The molecule has 0 spiro atoms. The maximum absolute atomic E-state index is 5.48. The zero-order valence-corrected chi connectivity index (χ0v) is 7.27. The van der Waals surface area contributed by atoms with Gasteiger partial charge < -0.3 is 5.73 Å². The highest BCUT2D eigenvalue weighted by Gasteiger charge is 2.00. The van der Waals surface area contributed by atoms with Crippen molar-refractivity contribution in [3.63, 3.8) is 0 Å². The molecule has 2 rings (SSSR count). The monoisotopic (exact) mass is 173 g/mol. The van der Waals surface area contributed by atoms with Crippen LogP contribution in [0.1, 0.15) is 5.69 Å². The summed E-state index contributed by atoms with van der Waals surface area (Å²) in [4.78, 5) is 8.54. The first-order valence-electron chi connectivity index (χ1n) is 4.30. The fourth-order valence-corrected chi connectivity index (χ4v) is 1.38. The van der Waals surface area contributed by atoms with Crippen molar-refractivity contribution in [2.24, 2.45) is 5.73 Å². The number of nitrogens with zero attached hydrogens (tertiary/aromatic N) is 2. The minimum absolute atomic E-state index is 0.614. The zero-order valence-electron chi connectivity index (χ0n) is 7.27. The van der Waals surface area contributed by atoms with E-state index in [2.05, 4.69) is 9.97 Å². The molecule has 3 heteroatoms. The lowest BCUT2D eigenvalue weighted by atomic mass is 10.2. The summed E-state index contributed by atoms with van der Waals surface area (Å²) in [7, 11) is 0. The molecule has 0 bridgehead atoms. The normalized spacial score (nSPS) is 10.5. The molecule has 2 heterocycles. The third-order valence-corrected chi connectivity index (χ3v) is 1.98. The Morgan fingerprint density at radius 1 is 1.15 bits per heavy atom. The highest BCUT2D eigenvalue weighted by Crippen LogP contribution is 2.12. The van der Waals surface area contributed by atoms with Crippen molar-refractivity contribution < 1.29 is 0 Å². The summed E-state index contributed by atoms with van der Waals surface area (Å²) >= 11 is 0. The molecule has 2 N–H and O–H groups in total. The van der Waals surface area contributed by atoms with Gasteiger partial charge in [-0.2, -0.15) is 0 Å². The number of fused-ring (bicyclic) bond motifs is 1. The number of aromatic nitrogens is 2. The Bertz CT molecular complexity index is 406. The quantitative estimate of drug-likeness (QED) is 0.740. The van der Waals surface area contributed by atoms with Crippen LogP contribution in [0, 0.1) is 0 Å². The summed E-state index contributed by atoms with van der Waals surface area (Å²) in [6.07, 6.45) is 4.37. The molecule has 66 valence electrons. The van der Waals surface area contributed by atoms with Gasteiger partial charge in [-0.1, -0.05) is 6.07 Å². The van der Waals surface area contributed by atoms with Crippen LogP contribution in [0.5, 0.6) is 0 Å². The smallest absolute Gasteiger partial charge is 0.0917 e. The molecule has 0 aliphatic rings. The highest BCUT2D eigenvalue weighted by atomic mass is 14.7. The Hall–Kier alpha value is -1.48. The van der Waals surface area contributed by atoms with E-state index >= 15 is 0 Å². The molecular formula is C10H11N3. The number of nitrogens with two attached hydrogens (primary N) is 1. The van der Waals surface area contributed by atoms with Crippen LogP contribution in [0.15, 0.2) is 30.6 Å². The molecule has 2 aromatic rings. The van der Waals surface area contributed by atoms with Crippen LogP contribution in [0.4, 0.5) is 0 Å².